The summed E-state index contributed by atoms with van der Waals surface area (Å²) < 4.78 is 23.8. The number of ether oxygens (including phenoxy) is 2. The minimum atomic E-state index is -1.05. The number of nitrogens with zero attached hydrogens (tertiary/aromatic N) is 1. The van der Waals surface area contributed by atoms with E-state index in [4.69, 9.17) is 26.3 Å². The van der Waals surface area contributed by atoms with Gasteiger partial charge < -0.3 is 14.6 Å². The van der Waals surface area contributed by atoms with E-state index in [9.17, 15) is 9.50 Å². The molecule has 0 aliphatic rings. The third kappa shape index (κ3) is 3.48. The number of methoxy groups -OCH3 is 1. The minimum Gasteiger partial charge on any atom is -0.494 e. The quantitative estimate of drug-likeness (QED) is 0.916. The van der Waals surface area contributed by atoms with Crippen molar-refractivity contribution in [2.75, 3.05) is 13.7 Å². The molecule has 0 fully saturated rings. The summed E-state index contributed by atoms with van der Waals surface area (Å²) in [6, 6.07) is 10.9. The Morgan fingerprint density at radius 3 is 2.73 bits per heavy atom. The molecule has 1 unspecified atom stereocenters. The molecule has 0 aliphatic heterocycles. The molecule has 0 saturated heterocycles. The normalized spacial score (nSPS) is 11.6. The van der Waals surface area contributed by atoms with E-state index in [-0.39, 0.29) is 28.7 Å². The first-order chi connectivity index (χ1) is 10.6. The van der Waals surface area contributed by atoms with Crippen LogP contribution in [0.25, 0.3) is 0 Å². The molecule has 114 valence electrons. The second-order valence-corrected chi connectivity index (χ2v) is 4.85. The van der Waals surface area contributed by atoms with Crippen molar-refractivity contribution in [1.82, 2.24) is 0 Å². The highest BCUT2D eigenvalue weighted by molar-refractivity contribution is 6.31. The summed E-state index contributed by atoms with van der Waals surface area (Å²) in [4.78, 5) is 0. The van der Waals surface area contributed by atoms with E-state index < -0.39 is 11.9 Å². The molecule has 0 aromatic heterocycles. The van der Waals surface area contributed by atoms with Gasteiger partial charge >= 0.3 is 0 Å². The molecule has 0 aliphatic carbocycles. The maximum atomic E-state index is 13.6. The van der Waals surface area contributed by atoms with Crippen molar-refractivity contribution >= 4 is 11.6 Å². The van der Waals surface area contributed by atoms with Gasteiger partial charge in [-0.3, -0.25) is 0 Å². The van der Waals surface area contributed by atoms with Gasteiger partial charge in [-0.1, -0.05) is 23.7 Å². The second-order valence-electron chi connectivity index (χ2n) is 4.45. The molecule has 4 nitrogen and oxygen atoms in total. The van der Waals surface area contributed by atoms with Crippen molar-refractivity contribution in [2.45, 2.75) is 6.10 Å². The third-order valence-corrected chi connectivity index (χ3v) is 3.36. The lowest BCUT2D eigenvalue weighted by Crippen LogP contribution is -2.10. The first kappa shape index (κ1) is 16.1. The molecule has 0 radical (unpaired) electrons. The lowest BCUT2D eigenvalue weighted by molar-refractivity contribution is 0.107. The van der Waals surface area contributed by atoms with Gasteiger partial charge in [0.25, 0.3) is 0 Å². The lowest BCUT2D eigenvalue weighted by atomic mass is 10.1. The van der Waals surface area contributed by atoms with E-state index in [1.807, 2.05) is 6.07 Å². The van der Waals surface area contributed by atoms with E-state index in [0.29, 0.717) is 5.56 Å². The molecule has 0 saturated carbocycles. The van der Waals surface area contributed by atoms with Crippen molar-refractivity contribution in [3.63, 3.8) is 0 Å². The monoisotopic (exact) mass is 321 g/mol. The van der Waals surface area contributed by atoms with Crippen LogP contribution in [0.3, 0.4) is 0 Å². The highest BCUT2D eigenvalue weighted by Crippen LogP contribution is 2.27. The fourth-order valence-electron chi connectivity index (χ4n) is 1.89. The molecule has 1 atom stereocenters. The van der Waals surface area contributed by atoms with Gasteiger partial charge in [0.15, 0.2) is 11.6 Å². The Hall–Kier alpha value is -2.29. The predicted molar refractivity (Wildman–Crippen MR) is 79.6 cm³/mol. The first-order valence-electron chi connectivity index (χ1n) is 6.39. The van der Waals surface area contributed by atoms with E-state index in [0.717, 1.165) is 0 Å². The van der Waals surface area contributed by atoms with Crippen LogP contribution in [0.4, 0.5) is 4.39 Å². The number of benzene rings is 2. The summed E-state index contributed by atoms with van der Waals surface area (Å²) in [5.74, 6) is -0.207. The zero-order chi connectivity index (χ0) is 16.1. The van der Waals surface area contributed by atoms with Gasteiger partial charge in [-0.2, -0.15) is 5.26 Å². The van der Waals surface area contributed by atoms with Crippen molar-refractivity contribution in [3.05, 3.63) is 58.4 Å². The molecule has 0 spiro atoms. The summed E-state index contributed by atoms with van der Waals surface area (Å²) in [6.07, 6.45) is -1.05. The fourth-order valence-corrected chi connectivity index (χ4v) is 2.10. The minimum absolute atomic E-state index is 0.0958. The average Bonchev–Trinajstić information content (AvgIpc) is 2.52. The van der Waals surface area contributed by atoms with Crippen LogP contribution in [0.15, 0.2) is 36.4 Å². The van der Waals surface area contributed by atoms with Crippen molar-refractivity contribution in [1.29, 1.82) is 5.26 Å². The molecule has 1 N–H and O–H groups in total. The van der Waals surface area contributed by atoms with Gasteiger partial charge in [-0.15, -0.1) is 0 Å². The molecule has 0 heterocycles. The molecular weight excluding hydrogens is 309 g/mol. The van der Waals surface area contributed by atoms with Gasteiger partial charge in [0, 0.05) is 0 Å². The Morgan fingerprint density at radius 1 is 1.32 bits per heavy atom. The number of halogens is 2. The first-order valence-corrected chi connectivity index (χ1v) is 6.77. The molecule has 2 rings (SSSR count). The number of rotatable bonds is 5. The summed E-state index contributed by atoms with van der Waals surface area (Å²) in [7, 11) is 1.36. The van der Waals surface area contributed by atoms with Crippen LogP contribution in [0.5, 0.6) is 11.5 Å². The zero-order valence-corrected chi connectivity index (χ0v) is 12.5. The largest absolute Gasteiger partial charge is 0.494 e. The summed E-state index contributed by atoms with van der Waals surface area (Å²) in [6.45, 7) is -0.138. The Labute approximate surface area is 132 Å². The van der Waals surface area contributed by atoms with Gasteiger partial charge in [0.2, 0.25) is 0 Å². The van der Waals surface area contributed by atoms with Crippen LogP contribution in [0, 0.1) is 17.1 Å². The van der Waals surface area contributed by atoms with Gasteiger partial charge in [-0.25, -0.2) is 4.39 Å². The van der Waals surface area contributed by atoms with Gasteiger partial charge in [0.1, 0.15) is 30.1 Å². The van der Waals surface area contributed by atoms with Crippen LogP contribution in [0.1, 0.15) is 17.2 Å². The van der Waals surface area contributed by atoms with E-state index >= 15 is 0 Å². The van der Waals surface area contributed by atoms with Crippen LogP contribution in [-0.4, -0.2) is 18.8 Å². The van der Waals surface area contributed by atoms with Crippen molar-refractivity contribution in [3.8, 4) is 17.6 Å². The third-order valence-electron chi connectivity index (χ3n) is 3.04. The van der Waals surface area contributed by atoms with E-state index in [1.54, 1.807) is 24.3 Å². The highest BCUT2D eigenvalue weighted by atomic mass is 35.5. The van der Waals surface area contributed by atoms with Crippen LogP contribution in [-0.2, 0) is 0 Å². The highest BCUT2D eigenvalue weighted by Gasteiger charge is 2.14. The summed E-state index contributed by atoms with van der Waals surface area (Å²) in [5, 5.41) is 19.4. The maximum absolute atomic E-state index is 13.6. The Balaban J connectivity index is 2.10. The SMILES string of the molecule is COc1ccc(C(O)COc2cccc(Cl)c2C#N)cc1F. The van der Waals surface area contributed by atoms with E-state index in [1.165, 1.54) is 19.2 Å². The van der Waals surface area contributed by atoms with Crippen molar-refractivity contribution in [2.24, 2.45) is 0 Å². The Kier molecular flexibility index (Phi) is 5.21. The smallest absolute Gasteiger partial charge is 0.165 e. The topological polar surface area (TPSA) is 62.5 Å². The molecule has 2 aromatic carbocycles. The second kappa shape index (κ2) is 7.12. The fraction of sp³-hybridized carbons (Fsp3) is 0.188. The predicted octanol–water partition coefficient (Wildman–Crippen LogP) is 3.47. The van der Waals surface area contributed by atoms with Gasteiger partial charge in [-0.05, 0) is 29.8 Å². The van der Waals surface area contributed by atoms with Crippen LogP contribution >= 0.6 is 11.6 Å². The summed E-state index contributed by atoms with van der Waals surface area (Å²) in [5.41, 5.74) is 0.538. The number of aliphatic hydroxyl groups excluding tert-OH is 1. The number of hydrogen-bond donors (Lipinski definition) is 1. The molecular formula is C16H13ClFNO3. The molecule has 0 amide bonds. The standard InChI is InChI=1S/C16H13ClFNO3/c1-21-16-6-5-10(7-13(16)18)14(20)9-22-15-4-2-3-12(17)11(15)8-19/h2-7,14,20H,9H2,1H3. The molecule has 22 heavy (non-hydrogen) atoms. The lowest BCUT2D eigenvalue weighted by Gasteiger charge is -2.14. The maximum Gasteiger partial charge on any atom is 0.165 e. The zero-order valence-electron chi connectivity index (χ0n) is 11.7. The van der Waals surface area contributed by atoms with Crippen LogP contribution < -0.4 is 9.47 Å². The number of aliphatic hydroxyl groups is 1. The molecule has 2 aromatic rings. The van der Waals surface area contributed by atoms with E-state index in [2.05, 4.69) is 0 Å². The Morgan fingerprint density at radius 2 is 2.09 bits per heavy atom. The average molecular weight is 322 g/mol. The molecule has 0 bridgehead atoms. The number of hydrogen-bond acceptors (Lipinski definition) is 4. The Bertz CT molecular complexity index is 715. The number of nitriles is 1. The van der Waals surface area contributed by atoms with Gasteiger partial charge in [0.05, 0.1) is 12.1 Å². The molecule has 6 heteroatoms. The van der Waals surface area contributed by atoms with Crippen molar-refractivity contribution < 1.29 is 19.0 Å². The summed E-state index contributed by atoms with van der Waals surface area (Å²) >= 11 is 5.89. The van der Waals surface area contributed by atoms with Crippen LogP contribution in [0.2, 0.25) is 5.02 Å².